The highest BCUT2D eigenvalue weighted by molar-refractivity contribution is 7.89. The van der Waals surface area contributed by atoms with Crippen molar-refractivity contribution in [1.29, 1.82) is 5.26 Å². The Morgan fingerprint density at radius 1 is 1.26 bits per heavy atom. The van der Waals surface area contributed by atoms with Gasteiger partial charge in [0.15, 0.2) is 0 Å². The minimum atomic E-state index is -3.55. The van der Waals surface area contributed by atoms with Crippen LogP contribution in [0.5, 0.6) is 0 Å². The largest absolute Gasteiger partial charge is 0.379 e. The van der Waals surface area contributed by atoms with E-state index in [1.54, 1.807) is 25.1 Å². The van der Waals surface area contributed by atoms with Gasteiger partial charge in [0.25, 0.3) is 0 Å². The number of fused-ring (bicyclic) bond motifs is 1. The van der Waals surface area contributed by atoms with E-state index in [4.69, 9.17) is 0 Å². The second-order valence-electron chi connectivity index (χ2n) is 5.99. The molecule has 0 aliphatic rings. The van der Waals surface area contributed by atoms with Crippen molar-refractivity contribution >= 4 is 26.6 Å². The summed E-state index contributed by atoms with van der Waals surface area (Å²) in [7, 11) is -2.21. The second kappa shape index (κ2) is 7.31. The molecule has 0 amide bonds. The van der Waals surface area contributed by atoms with Gasteiger partial charge in [-0.3, -0.25) is 4.98 Å². The molecule has 2 aromatic carbocycles. The molecule has 0 unspecified atom stereocenters. The number of rotatable bonds is 5. The van der Waals surface area contributed by atoms with Crippen LogP contribution in [0.15, 0.2) is 47.5 Å². The number of hydrogen-bond donors (Lipinski definition) is 2. The van der Waals surface area contributed by atoms with E-state index >= 15 is 0 Å². The Kier molecular flexibility index (Phi) is 5.08. The van der Waals surface area contributed by atoms with E-state index in [9.17, 15) is 18.1 Å². The number of sulfonamides is 1. The molecule has 0 aliphatic heterocycles. The van der Waals surface area contributed by atoms with Gasteiger partial charge in [0, 0.05) is 18.1 Å². The van der Waals surface area contributed by atoms with Crippen LogP contribution in [0.1, 0.15) is 16.7 Å². The van der Waals surface area contributed by atoms with Gasteiger partial charge >= 0.3 is 0 Å². The molecular weight excluding hydrogens is 367 g/mol. The molecule has 0 saturated heterocycles. The molecule has 8 heteroatoms. The molecule has 0 saturated carbocycles. The average Bonchev–Trinajstić information content (AvgIpc) is 2.66. The van der Waals surface area contributed by atoms with Crippen LogP contribution in [0.4, 0.5) is 10.1 Å². The number of anilines is 1. The molecule has 2 N–H and O–H groups in total. The Bertz CT molecular complexity index is 1170. The topological polar surface area (TPSA) is 94.9 Å². The van der Waals surface area contributed by atoms with E-state index in [2.05, 4.69) is 21.1 Å². The third-order valence-electron chi connectivity index (χ3n) is 4.19. The van der Waals surface area contributed by atoms with Gasteiger partial charge in [0.05, 0.1) is 21.7 Å². The molecule has 0 fully saturated rings. The summed E-state index contributed by atoms with van der Waals surface area (Å²) in [5.41, 5.74) is 2.72. The molecule has 27 heavy (non-hydrogen) atoms. The van der Waals surface area contributed by atoms with Crippen molar-refractivity contribution in [1.82, 2.24) is 9.71 Å². The Hall–Kier alpha value is -3.02. The van der Waals surface area contributed by atoms with Crippen LogP contribution in [-0.2, 0) is 16.6 Å². The maximum absolute atomic E-state index is 13.9. The van der Waals surface area contributed by atoms with Crippen LogP contribution in [0, 0.1) is 24.1 Å². The van der Waals surface area contributed by atoms with Crippen LogP contribution in [-0.4, -0.2) is 20.4 Å². The molecule has 0 radical (unpaired) electrons. The molecule has 3 rings (SSSR count). The Morgan fingerprint density at radius 2 is 2.04 bits per heavy atom. The fraction of sp³-hybridized carbons (Fsp3) is 0.158. The first-order chi connectivity index (χ1) is 12.9. The van der Waals surface area contributed by atoms with Gasteiger partial charge < -0.3 is 5.32 Å². The van der Waals surface area contributed by atoms with E-state index in [1.807, 2.05) is 0 Å². The second-order valence-corrected chi connectivity index (χ2v) is 7.87. The molecule has 3 aromatic rings. The molecular formula is C19H17FN4O2S. The maximum Gasteiger partial charge on any atom is 0.240 e. The summed E-state index contributed by atoms with van der Waals surface area (Å²) < 4.78 is 40.1. The molecule has 1 heterocycles. The maximum atomic E-state index is 13.9. The molecule has 0 atom stereocenters. The molecule has 0 aliphatic carbocycles. The summed E-state index contributed by atoms with van der Waals surface area (Å²) in [5.74, 6) is -0.415. The number of pyridine rings is 1. The van der Waals surface area contributed by atoms with Crippen molar-refractivity contribution < 1.29 is 12.8 Å². The SMILES string of the molecule is CNS(=O)(=O)c1cccc(CNc2c(C#N)cnc3c(C)cc(F)cc23)c1. The van der Waals surface area contributed by atoms with Crippen molar-refractivity contribution in [2.45, 2.75) is 18.4 Å². The lowest BCUT2D eigenvalue weighted by Gasteiger charge is -2.13. The van der Waals surface area contributed by atoms with Crippen molar-refractivity contribution in [2.75, 3.05) is 12.4 Å². The van der Waals surface area contributed by atoms with E-state index in [1.165, 1.54) is 31.4 Å². The number of hydrogen-bond acceptors (Lipinski definition) is 5. The number of nitrogens with one attached hydrogen (secondary N) is 2. The van der Waals surface area contributed by atoms with Gasteiger partial charge in [-0.2, -0.15) is 5.26 Å². The zero-order chi connectivity index (χ0) is 19.6. The molecule has 1 aromatic heterocycles. The van der Waals surface area contributed by atoms with Crippen LogP contribution >= 0.6 is 0 Å². The van der Waals surface area contributed by atoms with E-state index in [0.29, 0.717) is 27.7 Å². The van der Waals surface area contributed by atoms with E-state index < -0.39 is 15.8 Å². The predicted molar refractivity (Wildman–Crippen MR) is 101 cm³/mol. The Balaban J connectivity index is 2.01. The van der Waals surface area contributed by atoms with Gasteiger partial charge in [0.2, 0.25) is 10.0 Å². The third-order valence-corrected chi connectivity index (χ3v) is 5.61. The normalized spacial score (nSPS) is 11.3. The first-order valence-corrected chi connectivity index (χ1v) is 9.59. The first kappa shape index (κ1) is 18.8. The minimum absolute atomic E-state index is 0.145. The highest BCUT2D eigenvalue weighted by atomic mass is 32.2. The smallest absolute Gasteiger partial charge is 0.240 e. The molecule has 0 bridgehead atoms. The summed E-state index contributed by atoms with van der Waals surface area (Å²) >= 11 is 0. The summed E-state index contributed by atoms with van der Waals surface area (Å²) in [6.45, 7) is 2.01. The van der Waals surface area contributed by atoms with Crippen molar-refractivity contribution in [2.24, 2.45) is 0 Å². The van der Waals surface area contributed by atoms with Gasteiger partial charge in [0.1, 0.15) is 11.9 Å². The number of nitrogens with zero attached hydrogens (tertiary/aromatic N) is 2. The van der Waals surface area contributed by atoms with Crippen LogP contribution < -0.4 is 10.0 Å². The lowest BCUT2D eigenvalue weighted by atomic mass is 10.1. The summed E-state index contributed by atoms with van der Waals surface area (Å²) in [4.78, 5) is 4.39. The average molecular weight is 384 g/mol. The fourth-order valence-corrected chi connectivity index (χ4v) is 3.64. The molecule has 138 valence electrons. The lowest BCUT2D eigenvalue weighted by molar-refractivity contribution is 0.588. The van der Waals surface area contributed by atoms with E-state index in [-0.39, 0.29) is 17.0 Å². The summed E-state index contributed by atoms with van der Waals surface area (Å²) in [6, 6.07) is 11.2. The standard InChI is InChI=1S/C19H17FN4O2S/c1-12-6-15(20)8-17-18(12)24-11-14(9-21)19(17)23-10-13-4-3-5-16(7-13)27(25,26)22-2/h3-8,11,22H,10H2,1-2H3,(H,23,24). The van der Waals surface area contributed by atoms with Gasteiger partial charge in [-0.25, -0.2) is 17.5 Å². The summed E-state index contributed by atoms with van der Waals surface area (Å²) in [6.07, 6.45) is 1.44. The monoisotopic (exact) mass is 384 g/mol. The zero-order valence-electron chi connectivity index (χ0n) is 14.7. The molecule has 0 spiro atoms. The van der Waals surface area contributed by atoms with Crippen LogP contribution in [0.2, 0.25) is 0 Å². The lowest BCUT2D eigenvalue weighted by Crippen LogP contribution is -2.18. The van der Waals surface area contributed by atoms with Gasteiger partial charge in [-0.1, -0.05) is 12.1 Å². The summed E-state index contributed by atoms with van der Waals surface area (Å²) in [5, 5.41) is 13.0. The first-order valence-electron chi connectivity index (χ1n) is 8.11. The van der Waals surface area contributed by atoms with E-state index in [0.717, 1.165) is 0 Å². The number of aromatic nitrogens is 1. The predicted octanol–water partition coefficient (Wildman–Crippen LogP) is 3.07. The van der Waals surface area contributed by atoms with Crippen LogP contribution in [0.25, 0.3) is 10.9 Å². The van der Waals surface area contributed by atoms with Gasteiger partial charge in [-0.05, 0) is 49.4 Å². The molecule has 6 nitrogen and oxygen atoms in total. The number of halogens is 1. The Morgan fingerprint density at radius 3 is 2.74 bits per heavy atom. The highest BCUT2D eigenvalue weighted by Crippen LogP contribution is 2.29. The zero-order valence-corrected chi connectivity index (χ0v) is 15.6. The van der Waals surface area contributed by atoms with Crippen LogP contribution in [0.3, 0.4) is 0 Å². The number of nitriles is 1. The minimum Gasteiger partial charge on any atom is -0.379 e. The van der Waals surface area contributed by atoms with Crippen molar-refractivity contribution in [3.05, 3.63) is 65.1 Å². The quantitative estimate of drug-likeness (QED) is 0.705. The number of aryl methyl sites for hydroxylation is 1. The Labute approximate surface area is 156 Å². The third kappa shape index (κ3) is 3.74. The van der Waals surface area contributed by atoms with Crippen molar-refractivity contribution in [3.8, 4) is 6.07 Å². The fourth-order valence-electron chi connectivity index (χ4n) is 2.84. The number of benzene rings is 2. The highest BCUT2D eigenvalue weighted by Gasteiger charge is 2.14. The van der Waals surface area contributed by atoms with Gasteiger partial charge in [-0.15, -0.1) is 0 Å². The van der Waals surface area contributed by atoms with Crippen molar-refractivity contribution in [3.63, 3.8) is 0 Å².